The van der Waals surface area contributed by atoms with E-state index in [0.29, 0.717) is 11.3 Å². The van der Waals surface area contributed by atoms with Gasteiger partial charge in [-0.1, -0.05) is 54.4 Å². The SMILES string of the molecule is CN(CCCCC1CCN(C(=O)C(C)(C)C)CC1)CC(C)(C)C. The maximum absolute atomic E-state index is 12.3. The number of hydrogen-bond donors (Lipinski definition) is 0. The van der Waals surface area contributed by atoms with Crippen LogP contribution in [-0.4, -0.2) is 48.9 Å². The summed E-state index contributed by atoms with van der Waals surface area (Å²) < 4.78 is 0. The Kier molecular flexibility index (Phi) is 7.57. The molecule has 1 aliphatic heterocycles. The summed E-state index contributed by atoms with van der Waals surface area (Å²) >= 11 is 0. The van der Waals surface area contributed by atoms with Crippen LogP contribution >= 0.6 is 0 Å². The molecule has 0 atom stereocenters. The number of rotatable bonds is 6. The lowest BCUT2D eigenvalue weighted by Gasteiger charge is -2.36. The topological polar surface area (TPSA) is 23.6 Å². The van der Waals surface area contributed by atoms with Crippen LogP contribution in [0.2, 0.25) is 0 Å². The Labute approximate surface area is 144 Å². The average Bonchev–Trinajstić information content (AvgIpc) is 2.40. The van der Waals surface area contributed by atoms with Crippen LogP contribution in [0.3, 0.4) is 0 Å². The van der Waals surface area contributed by atoms with E-state index in [2.05, 4.69) is 37.6 Å². The Balaban J connectivity index is 2.16. The number of amides is 1. The van der Waals surface area contributed by atoms with Gasteiger partial charge in [-0.15, -0.1) is 0 Å². The van der Waals surface area contributed by atoms with E-state index in [0.717, 1.165) is 19.0 Å². The summed E-state index contributed by atoms with van der Waals surface area (Å²) in [4.78, 5) is 16.8. The molecule has 0 radical (unpaired) electrons. The second-order valence-corrected chi connectivity index (χ2v) is 9.78. The number of likely N-dealkylation sites (tertiary alicyclic amines) is 1. The van der Waals surface area contributed by atoms with Gasteiger partial charge in [0, 0.05) is 25.0 Å². The number of carbonyl (C=O) groups excluding carboxylic acids is 1. The minimum atomic E-state index is -0.232. The number of hydrogen-bond acceptors (Lipinski definition) is 2. The predicted octanol–water partition coefficient (Wildman–Crippen LogP) is 4.42. The van der Waals surface area contributed by atoms with Gasteiger partial charge in [0.05, 0.1) is 0 Å². The third-order valence-electron chi connectivity index (χ3n) is 4.69. The van der Waals surface area contributed by atoms with Crippen LogP contribution in [0.15, 0.2) is 0 Å². The van der Waals surface area contributed by atoms with Gasteiger partial charge in [0.2, 0.25) is 5.91 Å². The highest BCUT2D eigenvalue weighted by Gasteiger charge is 2.30. The molecule has 3 heteroatoms. The van der Waals surface area contributed by atoms with Gasteiger partial charge in [-0.2, -0.15) is 0 Å². The van der Waals surface area contributed by atoms with Crippen LogP contribution in [0.5, 0.6) is 0 Å². The van der Waals surface area contributed by atoms with Crippen molar-refractivity contribution in [1.82, 2.24) is 9.80 Å². The second kappa shape index (κ2) is 8.50. The highest BCUT2D eigenvalue weighted by Crippen LogP contribution is 2.26. The Bertz CT molecular complexity index is 357. The summed E-state index contributed by atoms with van der Waals surface area (Å²) in [6, 6.07) is 0. The second-order valence-electron chi connectivity index (χ2n) is 9.78. The normalized spacial score (nSPS) is 17.8. The van der Waals surface area contributed by atoms with Crippen LogP contribution in [-0.2, 0) is 4.79 Å². The number of unbranched alkanes of at least 4 members (excludes halogenated alkanes) is 1. The van der Waals surface area contributed by atoms with Crippen molar-refractivity contribution in [3.8, 4) is 0 Å². The number of carbonyl (C=O) groups is 1. The Hall–Kier alpha value is -0.570. The number of piperidine rings is 1. The van der Waals surface area contributed by atoms with Crippen molar-refractivity contribution in [2.24, 2.45) is 16.7 Å². The average molecular weight is 325 g/mol. The molecule has 0 aliphatic carbocycles. The summed E-state index contributed by atoms with van der Waals surface area (Å²) in [6.07, 6.45) is 6.35. The van der Waals surface area contributed by atoms with Gasteiger partial charge in [-0.25, -0.2) is 0 Å². The molecule has 0 N–H and O–H groups in total. The lowest BCUT2D eigenvalue weighted by Crippen LogP contribution is -2.44. The molecule has 136 valence electrons. The van der Waals surface area contributed by atoms with E-state index < -0.39 is 0 Å². The highest BCUT2D eigenvalue weighted by atomic mass is 16.2. The fraction of sp³-hybridized carbons (Fsp3) is 0.950. The molecular formula is C20H40N2O. The molecule has 23 heavy (non-hydrogen) atoms. The fourth-order valence-corrected chi connectivity index (χ4v) is 3.60. The van der Waals surface area contributed by atoms with Gasteiger partial charge in [0.25, 0.3) is 0 Å². The Morgan fingerprint density at radius 2 is 1.61 bits per heavy atom. The van der Waals surface area contributed by atoms with E-state index in [4.69, 9.17) is 0 Å². The summed E-state index contributed by atoms with van der Waals surface area (Å²) in [5.74, 6) is 1.15. The molecule has 0 aromatic carbocycles. The van der Waals surface area contributed by atoms with E-state index in [1.54, 1.807) is 0 Å². The molecule has 0 aromatic heterocycles. The molecule has 1 rings (SSSR count). The van der Waals surface area contributed by atoms with Crippen LogP contribution in [0, 0.1) is 16.7 Å². The maximum atomic E-state index is 12.3. The van der Waals surface area contributed by atoms with Crippen molar-refractivity contribution in [3.63, 3.8) is 0 Å². The molecule has 1 aliphatic rings. The molecule has 3 nitrogen and oxygen atoms in total. The lowest BCUT2D eigenvalue weighted by atomic mass is 9.88. The van der Waals surface area contributed by atoms with E-state index >= 15 is 0 Å². The van der Waals surface area contributed by atoms with E-state index in [9.17, 15) is 4.79 Å². The molecule has 0 spiro atoms. The first-order chi connectivity index (χ1) is 10.5. The predicted molar refractivity (Wildman–Crippen MR) is 99.6 cm³/mol. The van der Waals surface area contributed by atoms with Gasteiger partial charge in [-0.05, 0) is 44.2 Å². The molecule has 0 saturated carbocycles. The monoisotopic (exact) mass is 324 g/mol. The largest absolute Gasteiger partial charge is 0.342 e. The Morgan fingerprint density at radius 3 is 2.09 bits per heavy atom. The summed E-state index contributed by atoms with van der Waals surface area (Å²) in [6.45, 7) is 17.3. The lowest BCUT2D eigenvalue weighted by molar-refractivity contribution is -0.140. The van der Waals surface area contributed by atoms with E-state index in [1.807, 2.05) is 20.8 Å². The first-order valence-corrected chi connectivity index (χ1v) is 9.47. The Morgan fingerprint density at radius 1 is 1.04 bits per heavy atom. The van der Waals surface area contributed by atoms with Crippen molar-refractivity contribution in [2.45, 2.75) is 73.6 Å². The van der Waals surface area contributed by atoms with Gasteiger partial charge in [-0.3, -0.25) is 4.79 Å². The van der Waals surface area contributed by atoms with Crippen LogP contribution in [0.4, 0.5) is 0 Å². The molecule has 1 amide bonds. The van der Waals surface area contributed by atoms with E-state index in [1.165, 1.54) is 45.2 Å². The summed E-state index contributed by atoms with van der Waals surface area (Å²) in [5, 5.41) is 0. The first-order valence-electron chi connectivity index (χ1n) is 9.47. The minimum Gasteiger partial charge on any atom is -0.342 e. The van der Waals surface area contributed by atoms with Crippen molar-refractivity contribution in [3.05, 3.63) is 0 Å². The minimum absolute atomic E-state index is 0.232. The van der Waals surface area contributed by atoms with Crippen molar-refractivity contribution < 1.29 is 4.79 Å². The van der Waals surface area contributed by atoms with Crippen molar-refractivity contribution >= 4 is 5.91 Å². The standard InChI is InChI=1S/C20H40N2O/c1-19(2,3)16-21(7)13-9-8-10-17-11-14-22(15-12-17)18(23)20(4,5)6/h17H,8-16H2,1-7H3. The van der Waals surface area contributed by atoms with Crippen molar-refractivity contribution in [2.75, 3.05) is 33.2 Å². The maximum Gasteiger partial charge on any atom is 0.227 e. The van der Waals surface area contributed by atoms with Gasteiger partial charge < -0.3 is 9.80 Å². The zero-order valence-corrected chi connectivity index (χ0v) is 16.7. The van der Waals surface area contributed by atoms with E-state index in [-0.39, 0.29) is 5.41 Å². The molecule has 1 saturated heterocycles. The smallest absolute Gasteiger partial charge is 0.227 e. The zero-order valence-electron chi connectivity index (χ0n) is 16.7. The third-order valence-corrected chi connectivity index (χ3v) is 4.69. The summed E-state index contributed by atoms with van der Waals surface area (Å²) in [7, 11) is 2.24. The highest BCUT2D eigenvalue weighted by molar-refractivity contribution is 5.81. The molecule has 1 heterocycles. The molecule has 0 unspecified atom stereocenters. The molecule has 1 fully saturated rings. The van der Waals surface area contributed by atoms with Crippen LogP contribution < -0.4 is 0 Å². The van der Waals surface area contributed by atoms with Gasteiger partial charge in [0.15, 0.2) is 0 Å². The molecule has 0 aromatic rings. The van der Waals surface area contributed by atoms with Crippen LogP contribution in [0.1, 0.15) is 73.6 Å². The number of nitrogens with zero attached hydrogens (tertiary/aromatic N) is 2. The van der Waals surface area contributed by atoms with Crippen molar-refractivity contribution in [1.29, 1.82) is 0 Å². The fourth-order valence-electron chi connectivity index (χ4n) is 3.60. The third kappa shape index (κ3) is 8.19. The summed E-state index contributed by atoms with van der Waals surface area (Å²) in [5.41, 5.74) is 0.158. The van der Waals surface area contributed by atoms with Gasteiger partial charge in [0.1, 0.15) is 0 Å². The van der Waals surface area contributed by atoms with Crippen LogP contribution in [0.25, 0.3) is 0 Å². The molecule has 0 bridgehead atoms. The quantitative estimate of drug-likeness (QED) is 0.675. The molecular weight excluding hydrogens is 284 g/mol. The van der Waals surface area contributed by atoms with Gasteiger partial charge >= 0.3 is 0 Å². The first kappa shape index (κ1) is 20.5. The zero-order chi connectivity index (χ0) is 17.7.